The molecule has 1 heterocycles. The van der Waals surface area contributed by atoms with Crippen molar-refractivity contribution in [3.63, 3.8) is 0 Å². The average Bonchev–Trinajstić information content (AvgIpc) is 3.05. The minimum absolute atomic E-state index is 0.145. The van der Waals surface area contributed by atoms with Crippen LogP contribution < -0.4 is 10.6 Å². The van der Waals surface area contributed by atoms with Crippen molar-refractivity contribution in [1.29, 1.82) is 0 Å². The lowest BCUT2D eigenvalue weighted by molar-refractivity contribution is 0.232. The number of carbonyl (C=O) groups is 1. The van der Waals surface area contributed by atoms with Crippen LogP contribution in [0.4, 0.5) is 10.5 Å². The number of aromatic nitrogens is 4. The van der Waals surface area contributed by atoms with Gasteiger partial charge in [-0.15, -0.1) is 5.10 Å². The topological polar surface area (TPSA) is 84.7 Å². The molecule has 0 spiro atoms. The third-order valence-electron chi connectivity index (χ3n) is 4.17. The molecule has 1 aliphatic rings. The number of amides is 2. The van der Waals surface area contributed by atoms with Gasteiger partial charge in [0.15, 0.2) is 0 Å². The van der Waals surface area contributed by atoms with E-state index in [1.54, 1.807) is 4.68 Å². The van der Waals surface area contributed by atoms with Crippen molar-refractivity contribution in [1.82, 2.24) is 25.5 Å². The third-order valence-corrected chi connectivity index (χ3v) is 4.17. The van der Waals surface area contributed by atoms with Crippen molar-refractivity contribution in [2.24, 2.45) is 5.92 Å². The summed E-state index contributed by atoms with van der Waals surface area (Å²) in [5.74, 6) is 0.543. The molecule has 1 aromatic carbocycles. The van der Waals surface area contributed by atoms with Gasteiger partial charge in [-0.2, -0.15) is 0 Å². The fraction of sp³-hybridized carbons (Fsp3) is 0.467. The average molecular weight is 300 g/mol. The number of nitrogens with zero attached hydrogens (tertiary/aromatic N) is 4. The van der Waals surface area contributed by atoms with E-state index in [4.69, 9.17) is 0 Å². The second kappa shape index (κ2) is 6.55. The number of hydrogen-bond donors (Lipinski definition) is 2. The molecule has 2 amide bonds. The standard InChI is InChI=1S/C15H20N6O/c1-11-4-2-3-5-14(11)18-15(22)17-12-6-8-13(9-7-12)21-10-16-19-20-21/h6-11,14H,2-5H2,1H3,(H2,17,18,22)/t11-,14-/m1/s1. The van der Waals surface area contributed by atoms with Crippen molar-refractivity contribution in [2.45, 2.75) is 38.6 Å². The van der Waals surface area contributed by atoms with E-state index in [-0.39, 0.29) is 12.1 Å². The zero-order valence-electron chi connectivity index (χ0n) is 12.6. The molecule has 0 radical (unpaired) electrons. The van der Waals surface area contributed by atoms with Crippen LogP contribution in [0.25, 0.3) is 5.69 Å². The number of carbonyl (C=O) groups excluding carboxylic acids is 1. The van der Waals surface area contributed by atoms with E-state index < -0.39 is 0 Å². The number of benzene rings is 1. The van der Waals surface area contributed by atoms with Gasteiger partial charge in [-0.25, -0.2) is 9.48 Å². The number of tetrazole rings is 1. The number of hydrogen-bond acceptors (Lipinski definition) is 4. The van der Waals surface area contributed by atoms with Crippen LogP contribution in [0.1, 0.15) is 32.6 Å². The van der Waals surface area contributed by atoms with Gasteiger partial charge in [0.25, 0.3) is 0 Å². The molecule has 0 saturated heterocycles. The lowest BCUT2D eigenvalue weighted by Gasteiger charge is -2.29. The summed E-state index contributed by atoms with van der Waals surface area (Å²) >= 11 is 0. The van der Waals surface area contributed by atoms with Crippen LogP contribution in [-0.2, 0) is 0 Å². The molecule has 0 bridgehead atoms. The normalized spacial score (nSPS) is 21.3. The van der Waals surface area contributed by atoms with Crippen molar-refractivity contribution in [2.75, 3.05) is 5.32 Å². The molecule has 116 valence electrons. The van der Waals surface area contributed by atoms with Crippen molar-refractivity contribution in [3.8, 4) is 5.69 Å². The molecule has 1 saturated carbocycles. The van der Waals surface area contributed by atoms with Gasteiger partial charge in [-0.3, -0.25) is 0 Å². The van der Waals surface area contributed by atoms with E-state index in [0.717, 1.165) is 17.8 Å². The SMILES string of the molecule is C[C@@H]1CCCC[C@H]1NC(=O)Nc1ccc(-n2cnnn2)cc1. The Balaban J connectivity index is 1.57. The molecular weight excluding hydrogens is 280 g/mol. The Kier molecular flexibility index (Phi) is 4.32. The van der Waals surface area contributed by atoms with Gasteiger partial charge in [0.05, 0.1) is 5.69 Å². The number of nitrogens with one attached hydrogen (secondary N) is 2. The van der Waals surface area contributed by atoms with E-state index in [0.29, 0.717) is 5.92 Å². The monoisotopic (exact) mass is 300 g/mol. The van der Waals surface area contributed by atoms with Crippen molar-refractivity contribution in [3.05, 3.63) is 30.6 Å². The summed E-state index contributed by atoms with van der Waals surface area (Å²) in [7, 11) is 0. The van der Waals surface area contributed by atoms with E-state index in [1.165, 1.54) is 25.6 Å². The minimum atomic E-state index is -0.145. The van der Waals surface area contributed by atoms with Gasteiger partial charge in [0.1, 0.15) is 6.33 Å². The predicted octanol–water partition coefficient (Wildman–Crippen LogP) is 2.36. The molecule has 22 heavy (non-hydrogen) atoms. The summed E-state index contributed by atoms with van der Waals surface area (Å²) in [4.78, 5) is 12.1. The first-order chi connectivity index (χ1) is 10.7. The molecule has 2 N–H and O–H groups in total. The van der Waals surface area contributed by atoms with Crippen LogP contribution in [0.2, 0.25) is 0 Å². The van der Waals surface area contributed by atoms with E-state index in [9.17, 15) is 4.79 Å². The molecule has 7 nitrogen and oxygen atoms in total. The van der Waals surface area contributed by atoms with Crippen LogP contribution in [0, 0.1) is 5.92 Å². The highest BCUT2D eigenvalue weighted by atomic mass is 16.2. The molecule has 2 aromatic rings. The summed E-state index contributed by atoms with van der Waals surface area (Å²) in [6.07, 6.45) is 6.23. The van der Waals surface area contributed by atoms with Crippen LogP contribution in [0.3, 0.4) is 0 Å². The molecule has 1 fully saturated rings. The molecule has 1 aliphatic carbocycles. The van der Waals surface area contributed by atoms with Crippen LogP contribution >= 0.6 is 0 Å². The Bertz CT molecular complexity index is 609. The lowest BCUT2D eigenvalue weighted by atomic mass is 9.86. The first-order valence-corrected chi connectivity index (χ1v) is 7.63. The summed E-state index contributed by atoms with van der Waals surface area (Å²) < 4.78 is 1.56. The van der Waals surface area contributed by atoms with E-state index >= 15 is 0 Å². The Morgan fingerprint density at radius 2 is 2.00 bits per heavy atom. The van der Waals surface area contributed by atoms with Gasteiger partial charge in [-0.1, -0.05) is 19.8 Å². The van der Waals surface area contributed by atoms with Crippen LogP contribution in [0.15, 0.2) is 30.6 Å². The van der Waals surface area contributed by atoms with Crippen molar-refractivity contribution >= 4 is 11.7 Å². The first kappa shape index (κ1) is 14.5. The Hall–Kier alpha value is -2.44. The van der Waals surface area contributed by atoms with Gasteiger partial charge in [0.2, 0.25) is 0 Å². The molecule has 1 aromatic heterocycles. The van der Waals surface area contributed by atoms with Gasteiger partial charge < -0.3 is 10.6 Å². The van der Waals surface area contributed by atoms with E-state index in [1.807, 2.05) is 24.3 Å². The third kappa shape index (κ3) is 3.41. The molecule has 0 aliphatic heterocycles. The number of rotatable bonds is 3. The second-order valence-electron chi connectivity index (χ2n) is 5.77. The highest BCUT2D eigenvalue weighted by Gasteiger charge is 2.22. The number of anilines is 1. The summed E-state index contributed by atoms with van der Waals surface area (Å²) in [6.45, 7) is 2.20. The fourth-order valence-electron chi connectivity index (χ4n) is 2.84. The quantitative estimate of drug-likeness (QED) is 0.911. The summed E-state index contributed by atoms with van der Waals surface area (Å²) in [5, 5.41) is 16.9. The maximum atomic E-state index is 12.1. The zero-order valence-corrected chi connectivity index (χ0v) is 12.6. The summed E-state index contributed by atoms with van der Waals surface area (Å²) in [6, 6.07) is 7.51. The molecule has 7 heteroatoms. The maximum absolute atomic E-state index is 12.1. The number of urea groups is 1. The van der Waals surface area contributed by atoms with Crippen molar-refractivity contribution < 1.29 is 4.79 Å². The smallest absolute Gasteiger partial charge is 0.319 e. The largest absolute Gasteiger partial charge is 0.335 e. The maximum Gasteiger partial charge on any atom is 0.319 e. The zero-order chi connectivity index (χ0) is 15.4. The Morgan fingerprint density at radius 1 is 1.23 bits per heavy atom. The second-order valence-corrected chi connectivity index (χ2v) is 5.77. The fourth-order valence-corrected chi connectivity index (χ4v) is 2.84. The van der Waals surface area contributed by atoms with Gasteiger partial charge in [0, 0.05) is 11.7 Å². The van der Waals surface area contributed by atoms with E-state index in [2.05, 4.69) is 33.1 Å². The summed E-state index contributed by atoms with van der Waals surface area (Å²) in [5.41, 5.74) is 1.59. The molecule has 0 unspecified atom stereocenters. The highest BCUT2D eigenvalue weighted by Crippen LogP contribution is 2.23. The Morgan fingerprint density at radius 3 is 2.68 bits per heavy atom. The molecular formula is C15H20N6O. The van der Waals surface area contributed by atoms with Crippen LogP contribution in [0.5, 0.6) is 0 Å². The van der Waals surface area contributed by atoms with Gasteiger partial charge in [-0.05, 0) is 53.5 Å². The highest BCUT2D eigenvalue weighted by molar-refractivity contribution is 5.89. The first-order valence-electron chi connectivity index (χ1n) is 7.63. The van der Waals surface area contributed by atoms with Crippen LogP contribution in [-0.4, -0.2) is 32.3 Å². The predicted molar refractivity (Wildman–Crippen MR) is 82.7 cm³/mol. The Labute approximate surface area is 129 Å². The lowest BCUT2D eigenvalue weighted by Crippen LogP contribution is -2.43. The van der Waals surface area contributed by atoms with Gasteiger partial charge >= 0.3 is 6.03 Å². The minimum Gasteiger partial charge on any atom is -0.335 e. The molecule has 3 rings (SSSR count). The molecule has 2 atom stereocenters.